The SMILES string of the molecule is CCCNC(CCC(C)C)c1cc(Br)c(Cl)s1. The van der Waals surface area contributed by atoms with E-state index in [1.807, 2.05) is 0 Å². The van der Waals surface area contributed by atoms with Gasteiger partial charge in [0.05, 0.1) is 0 Å². The molecule has 1 aromatic rings. The highest BCUT2D eigenvalue weighted by molar-refractivity contribution is 9.10. The zero-order valence-corrected chi connectivity index (χ0v) is 13.9. The molecule has 4 heteroatoms. The number of thiophene rings is 1. The van der Waals surface area contributed by atoms with E-state index in [9.17, 15) is 0 Å². The second kappa shape index (κ2) is 7.78. The van der Waals surface area contributed by atoms with Crippen molar-refractivity contribution in [3.63, 3.8) is 0 Å². The molecular weight excluding hydrogens is 318 g/mol. The molecule has 0 radical (unpaired) electrons. The molecule has 0 saturated heterocycles. The van der Waals surface area contributed by atoms with Crippen molar-refractivity contribution in [2.75, 3.05) is 6.54 Å². The van der Waals surface area contributed by atoms with Crippen molar-refractivity contribution in [1.29, 1.82) is 0 Å². The summed E-state index contributed by atoms with van der Waals surface area (Å²) in [5.74, 6) is 0.750. The van der Waals surface area contributed by atoms with Crippen LogP contribution in [0.25, 0.3) is 0 Å². The van der Waals surface area contributed by atoms with Gasteiger partial charge in [-0.2, -0.15) is 0 Å². The summed E-state index contributed by atoms with van der Waals surface area (Å²) in [5, 5.41) is 3.61. The molecule has 1 unspecified atom stereocenters. The zero-order chi connectivity index (χ0) is 12.8. The lowest BCUT2D eigenvalue weighted by molar-refractivity contribution is 0.445. The van der Waals surface area contributed by atoms with Gasteiger partial charge in [-0.25, -0.2) is 0 Å². The smallest absolute Gasteiger partial charge is 0.107 e. The number of nitrogens with one attached hydrogen (secondary N) is 1. The largest absolute Gasteiger partial charge is 0.309 e. The highest BCUT2D eigenvalue weighted by Gasteiger charge is 2.15. The molecule has 0 aliphatic carbocycles. The maximum atomic E-state index is 6.11. The second-order valence-corrected chi connectivity index (χ2v) is 7.29. The van der Waals surface area contributed by atoms with Crippen molar-refractivity contribution >= 4 is 38.9 Å². The fraction of sp³-hybridized carbons (Fsp3) is 0.692. The summed E-state index contributed by atoms with van der Waals surface area (Å²) in [6, 6.07) is 2.60. The maximum absolute atomic E-state index is 6.11. The van der Waals surface area contributed by atoms with Crippen molar-refractivity contribution in [1.82, 2.24) is 5.32 Å². The van der Waals surface area contributed by atoms with Gasteiger partial charge >= 0.3 is 0 Å². The summed E-state index contributed by atoms with van der Waals surface area (Å²) in [4.78, 5) is 1.34. The van der Waals surface area contributed by atoms with Gasteiger partial charge in [0.15, 0.2) is 0 Å². The van der Waals surface area contributed by atoms with Crippen molar-refractivity contribution in [2.45, 2.75) is 46.1 Å². The number of halogens is 2. The maximum Gasteiger partial charge on any atom is 0.107 e. The molecule has 0 spiro atoms. The summed E-state index contributed by atoms with van der Waals surface area (Å²) in [6.45, 7) is 7.81. The Bertz CT molecular complexity index is 319. The minimum atomic E-state index is 0.450. The molecule has 0 amide bonds. The third-order valence-corrected chi connectivity index (χ3v) is 5.27. The molecule has 1 nitrogen and oxygen atoms in total. The van der Waals surface area contributed by atoms with E-state index in [-0.39, 0.29) is 0 Å². The lowest BCUT2D eigenvalue weighted by Crippen LogP contribution is -2.21. The standard InChI is InChI=1S/C13H21BrClNS/c1-4-7-16-11(6-5-9(2)3)12-8-10(14)13(15)17-12/h8-9,11,16H,4-7H2,1-3H3. The molecule has 1 N–H and O–H groups in total. The second-order valence-electron chi connectivity index (χ2n) is 4.75. The van der Waals surface area contributed by atoms with Crippen molar-refractivity contribution < 1.29 is 0 Å². The Labute approximate surface area is 122 Å². The average Bonchev–Trinajstić information content (AvgIpc) is 2.59. The van der Waals surface area contributed by atoms with Crippen LogP contribution in [-0.4, -0.2) is 6.54 Å². The van der Waals surface area contributed by atoms with Crippen molar-refractivity contribution in [3.8, 4) is 0 Å². The van der Waals surface area contributed by atoms with Gasteiger partial charge in [-0.05, 0) is 53.7 Å². The molecule has 1 aromatic heterocycles. The van der Waals surface area contributed by atoms with E-state index >= 15 is 0 Å². The normalized spacial score (nSPS) is 13.3. The Morgan fingerprint density at radius 2 is 2.12 bits per heavy atom. The Morgan fingerprint density at radius 1 is 1.41 bits per heavy atom. The lowest BCUT2D eigenvalue weighted by atomic mass is 10.0. The van der Waals surface area contributed by atoms with Crippen molar-refractivity contribution in [2.24, 2.45) is 5.92 Å². The van der Waals surface area contributed by atoms with Gasteiger partial charge in [0, 0.05) is 15.4 Å². The molecule has 17 heavy (non-hydrogen) atoms. The van der Waals surface area contributed by atoms with Gasteiger partial charge in [0.25, 0.3) is 0 Å². The highest BCUT2D eigenvalue weighted by Crippen LogP contribution is 2.36. The molecule has 0 bridgehead atoms. The topological polar surface area (TPSA) is 12.0 Å². The number of hydrogen-bond acceptors (Lipinski definition) is 2. The van der Waals surface area contributed by atoms with Crippen LogP contribution in [0.2, 0.25) is 4.34 Å². The molecule has 1 rings (SSSR count). The van der Waals surface area contributed by atoms with Crippen LogP contribution in [0.15, 0.2) is 10.5 Å². The van der Waals surface area contributed by atoms with Crippen LogP contribution in [0.5, 0.6) is 0 Å². The summed E-state index contributed by atoms with van der Waals surface area (Å²) in [7, 11) is 0. The fourth-order valence-electron chi connectivity index (χ4n) is 1.70. The zero-order valence-electron chi connectivity index (χ0n) is 10.7. The van der Waals surface area contributed by atoms with E-state index in [0.29, 0.717) is 6.04 Å². The third kappa shape index (κ3) is 5.29. The Hall–Kier alpha value is 0.430. The predicted molar refractivity (Wildman–Crippen MR) is 82.1 cm³/mol. The van der Waals surface area contributed by atoms with Crippen LogP contribution >= 0.6 is 38.9 Å². The first kappa shape index (κ1) is 15.5. The van der Waals surface area contributed by atoms with Crippen LogP contribution in [0.1, 0.15) is 51.0 Å². The minimum Gasteiger partial charge on any atom is -0.309 e. The number of hydrogen-bond donors (Lipinski definition) is 1. The molecule has 0 aliphatic rings. The quantitative estimate of drug-likeness (QED) is 0.678. The molecule has 98 valence electrons. The first-order chi connectivity index (χ1) is 8.04. The Balaban J connectivity index is 2.67. The van der Waals surface area contributed by atoms with Crippen LogP contribution < -0.4 is 5.32 Å². The first-order valence-corrected chi connectivity index (χ1v) is 8.21. The van der Waals surface area contributed by atoms with Gasteiger partial charge in [-0.1, -0.05) is 32.4 Å². The Kier molecular flexibility index (Phi) is 7.08. The lowest BCUT2D eigenvalue weighted by Gasteiger charge is -2.18. The van der Waals surface area contributed by atoms with Gasteiger partial charge in [-0.3, -0.25) is 0 Å². The third-order valence-electron chi connectivity index (χ3n) is 2.68. The molecule has 0 fully saturated rings. The van der Waals surface area contributed by atoms with E-state index in [0.717, 1.165) is 21.3 Å². The van der Waals surface area contributed by atoms with Gasteiger partial charge in [0.2, 0.25) is 0 Å². The van der Waals surface area contributed by atoms with Gasteiger partial charge < -0.3 is 5.32 Å². The summed E-state index contributed by atoms with van der Waals surface area (Å²) in [6.07, 6.45) is 3.59. The van der Waals surface area contributed by atoms with Crippen LogP contribution in [0.3, 0.4) is 0 Å². The summed E-state index contributed by atoms with van der Waals surface area (Å²) >= 11 is 11.3. The molecule has 0 saturated carbocycles. The minimum absolute atomic E-state index is 0.450. The van der Waals surface area contributed by atoms with Crippen LogP contribution in [-0.2, 0) is 0 Å². The van der Waals surface area contributed by atoms with Gasteiger partial charge in [-0.15, -0.1) is 11.3 Å². The highest BCUT2D eigenvalue weighted by atomic mass is 79.9. The fourth-order valence-corrected chi connectivity index (χ4v) is 3.54. The van der Waals surface area contributed by atoms with Crippen LogP contribution in [0.4, 0.5) is 0 Å². The average molecular weight is 339 g/mol. The van der Waals surface area contributed by atoms with E-state index in [1.54, 1.807) is 11.3 Å². The molecule has 1 atom stereocenters. The number of rotatable bonds is 7. The predicted octanol–water partition coefficient (Wildman–Crippen LogP) is 5.64. The van der Waals surface area contributed by atoms with Crippen molar-refractivity contribution in [3.05, 3.63) is 19.8 Å². The molecule has 0 aliphatic heterocycles. The van der Waals surface area contributed by atoms with E-state index in [2.05, 4.69) is 48.1 Å². The Morgan fingerprint density at radius 3 is 2.59 bits per heavy atom. The molecular formula is C13H21BrClNS. The molecule has 0 aromatic carbocycles. The summed E-state index contributed by atoms with van der Waals surface area (Å²) in [5.41, 5.74) is 0. The molecule has 1 heterocycles. The first-order valence-electron chi connectivity index (χ1n) is 6.22. The summed E-state index contributed by atoms with van der Waals surface area (Å²) < 4.78 is 1.87. The van der Waals surface area contributed by atoms with Gasteiger partial charge in [0.1, 0.15) is 4.34 Å². The monoisotopic (exact) mass is 337 g/mol. The van der Waals surface area contributed by atoms with Crippen LogP contribution in [0, 0.1) is 5.92 Å². The van der Waals surface area contributed by atoms with E-state index in [4.69, 9.17) is 11.6 Å². The van der Waals surface area contributed by atoms with E-state index in [1.165, 1.54) is 24.1 Å². The van der Waals surface area contributed by atoms with E-state index < -0.39 is 0 Å².